The lowest BCUT2D eigenvalue weighted by Crippen LogP contribution is -2.10. The van der Waals surface area contributed by atoms with Crippen LogP contribution in [0.15, 0.2) is 51.6 Å². The van der Waals surface area contributed by atoms with Crippen molar-refractivity contribution < 1.29 is 14.0 Å². The molecule has 8 heteroatoms. The van der Waals surface area contributed by atoms with Crippen molar-refractivity contribution in [2.75, 3.05) is 5.32 Å². The number of nitrogens with zero attached hydrogens (tertiary/aromatic N) is 2. The summed E-state index contributed by atoms with van der Waals surface area (Å²) in [5.74, 6) is 0.385. The summed E-state index contributed by atoms with van der Waals surface area (Å²) in [5.41, 5.74) is 2.76. The third-order valence-corrected chi connectivity index (χ3v) is 7.12. The van der Waals surface area contributed by atoms with Crippen molar-refractivity contribution in [1.82, 2.24) is 4.98 Å². The molecule has 4 rings (SSSR count). The molecule has 0 saturated heterocycles. The number of aryl methyl sites for hydroxylation is 2. The van der Waals surface area contributed by atoms with Gasteiger partial charge in [-0.25, -0.2) is 4.98 Å². The summed E-state index contributed by atoms with van der Waals surface area (Å²) in [5, 5.41) is 13.4. The average molecular weight is 536 g/mol. The fourth-order valence-electron chi connectivity index (χ4n) is 3.96. The molecular formula is C26H22BrN3O3S. The van der Waals surface area contributed by atoms with E-state index >= 15 is 0 Å². The van der Waals surface area contributed by atoms with Crippen molar-refractivity contribution in [3.05, 3.63) is 68.7 Å². The molecule has 0 unspecified atom stereocenters. The Morgan fingerprint density at radius 2 is 1.97 bits per heavy atom. The molecule has 3 aromatic heterocycles. The van der Waals surface area contributed by atoms with Gasteiger partial charge >= 0.3 is 0 Å². The maximum absolute atomic E-state index is 13.4. The van der Waals surface area contributed by atoms with Crippen LogP contribution in [0.2, 0.25) is 0 Å². The number of hydrogen-bond acceptors (Lipinski definition) is 6. The molecule has 1 N–H and O–H groups in total. The summed E-state index contributed by atoms with van der Waals surface area (Å²) in [6, 6.07) is 13.7. The van der Waals surface area contributed by atoms with Crippen LogP contribution in [0.1, 0.15) is 53.1 Å². The highest BCUT2D eigenvalue weighted by Gasteiger charge is 2.27. The Labute approximate surface area is 209 Å². The predicted molar refractivity (Wildman–Crippen MR) is 137 cm³/mol. The zero-order valence-corrected chi connectivity index (χ0v) is 21.2. The average Bonchev–Trinajstić information content (AvgIpc) is 3.46. The molecule has 0 radical (unpaired) electrons. The molecule has 172 valence electrons. The largest absolute Gasteiger partial charge is 0.464 e. The second-order valence-electron chi connectivity index (χ2n) is 7.87. The highest BCUT2D eigenvalue weighted by Crippen LogP contribution is 2.42. The van der Waals surface area contributed by atoms with E-state index in [1.54, 1.807) is 12.1 Å². The van der Waals surface area contributed by atoms with Gasteiger partial charge in [-0.15, -0.1) is 11.3 Å². The van der Waals surface area contributed by atoms with Crippen LogP contribution in [0.25, 0.3) is 21.5 Å². The number of aromatic nitrogens is 1. The van der Waals surface area contributed by atoms with Gasteiger partial charge in [-0.05, 0) is 48.2 Å². The normalized spacial score (nSPS) is 10.9. The molecule has 6 nitrogen and oxygen atoms in total. The molecule has 0 aliphatic rings. The van der Waals surface area contributed by atoms with Gasteiger partial charge in [0.15, 0.2) is 11.6 Å². The van der Waals surface area contributed by atoms with Crippen LogP contribution in [0.5, 0.6) is 0 Å². The quantitative estimate of drug-likeness (QED) is 0.247. The summed E-state index contributed by atoms with van der Waals surface area (Å²) in [7, 11) is 0. The van der Waals surface area contributed by atoms with Crippen LogP contribution in [0, 0.1) is 11.3 Å². The van der Waals surface area contributed by atoms with E-state index in [1.807, 2.05) is 24.3 Å². The van der Waals surface area contributed by atoms with Crippen molar-refractivity contribution in [3.8, 4) is 17.4 Å². The van der Waals surface area contributed by atoms with E-state index in [4.69, 9.17) is 4.42 Å². The Hall–Kier alpha value is -3.28. The van der Waals surface area contributed by atoms with Gasteiger partial charge in [0.1, 0.15) is 22.2 Å². The molecule has 1 aromatic carbocycles. The zero-order valence-electron chi connectivity index (χ0n) is 18.8. The van der Waals surface area contributed by atoms with E-state index in [1.165, 1.54) is 24.5 Å². The van der Waals surface area contributed by atoms with Crippen molar-refractivity contribution in [2.45, 2.75) is 39.5 Å². The Morgan fingerprint density at radius 1 is 1.21 bits per heavy atom. The molecule has 0 fully saturated rings. The minimum absolute atomic E-state index is 0.0411. The lowest BCUT2D eigenvalue weighted by Gasteiger charge is -2.11. The number of carbonyl (C=O) groups excluding carboxylic acids is 2. The summed E-state index contributed by atoms with van der Waals surface area (Å²) in [4.78, 5) is 31.0. The van der Waals surface area contributed by atoms with Crippen LogP contribution in [-0.4, -0.2) is 16.7 Å². The number of nitrogens with one attached hydrogen (secondary N) is 1. The number of rotatable bonds is 8. The molecule has 0 atom stereocenters. The van der Waals surface area contributed by atoms with Crippen molar-refractivity contribution in [1.29, 1.82) is 5.26 Å². The number of benzene rings is 1. The van der Waals surface area contributed by atoms with Gasteiger partial charge in [-0.2, -0.15) is 5.26 Å². The first-order valence-corrected chi connectivity index (χ1v) is 12.5. The van der Waals surface area contributed by atoms with E-state index in [0.29, 0.717) is 40.3 Å². The number of Topliss-reactive ketones (excluding diaryl/α,β-unsaturated/α-hetero) is 1. The summed E-state index contributed by atoms with van der Waals surface area (Å²) >= 11 is 4.75. The molecule has 0 spiro atoms. The van der Waals surface area contributed by atoms with Gasteiger partial charge in [0, 0.05) is 28.8 Å². The third kappa shape index (κ3) is 4.81. The molecular weight excluding hydrogens is 514 g/mol. The first-order chi connectivity index (χ1) is 16.4. The number of anilines is 1. The van der Waals surface area contributed by atoms with E-state index in [-0.39, 0.29) is 23.1 Å². The van der Waals surface area contributed by atoms with Gasteiger partial charge in [0.2, 0.25) is 5.91 Å². The lowest BCUT2D eigenvalue weighted by atomic mass is 9.96. The van der Waals surface area contributed by atoms with Crippen LogP contribution in [0.3, 0.4) is 0 Å². The van der Waals surface area contributed by atoms with E-state index in [0.717, 1.165) is 27.4 Å². The Balaban J connectivity index is 1.86. The van der Waals surface area contributed by atoms with Gasteiger partial charge < -0.3 is 9.73 Å². The topological polar surface area (TPSA) is 96.0 Å². The number of thiophene rings is 1. The predicted octanol–water partition coefficient (Wildman–Crippen LogP) is 6.92. The number of ketones is 1. The van der Waals surface area contributed by atoms with Crippen LogP contribution >= 0.6 is 27.3 Å². The number of fused-ring (bicyclic) bond motifs is 1. The number of furan rings is 1. The Morgan fingerprint density at radius 3 is 2.59 bits per heavy atom. The number of halogens is 1. The minimum atomic E-state index is -0.329. The molecule has 0 aliphatic carbocycles. The van der Waals surface area contributed by atoms with Gasteiger partial charge in [0.05, 0.1) is 11.1 Å². The van der Waals surface area contributed by atoms with E-state index in [2.05, 4.69) is 39.2 Å². The zero-order chi connectivity index (χ0) is 24.2. The molecule has 34 heavy (non-hydrogen) atoms. The number of hydrogen-bond donors (Lipinski definition) is 1. The van der Waals surface area contributed by atoms with Crippen LogP contribution < -0.4 is 5.32 Å². The molecule has 0 bridgehead atoms. The number of amides is 1. The van der Waals surface area contributed by atoms with Gasteiger partial charge in [-0.1, -0.05) is 41.4 Å². The Kier molecular flexibility index (Phi) is 7.25. The second kappa shape index (κ2) is 10.3. The molecule has 0 aliphatic heterocycles. The monoisotopic (exact) mass is 535 g/mol. The van der Waals surface area contributed by atoms with E-state index < -0.39 is 0 Å². The van der Waals surface area contributed by atoms with Gasteiger partial charge in [-0.3, -0.25) is 9.59 Å². The van der Waals surface area contributed by atoms with Crippen molar-refractivity contribution in [2.24, 2.45) is 0 Å². The smallest absolute Gasteiger partial charge is 0.222 e. The number of nitriles is 1. The highest BCUT2D eigenvalue weighted by molar-refractivity contribution is 9.10. The SMILES string of the molecule is CCCc1c(C(=O)CCc2ccc(Br)cc2)sc2nc(NC(C)=O)c(C#N)c(-c3ccco3)c12. The summed E-state index contributed by atoms with van der Waals surface area (Å²) in [6.45, 7) is 3.42. The number of pyridine rings is 1. The van der Waals surface area contributed by atoms with Crippen LogP contribution in [-0.2, 0) is 17.6 Å². The maximum Gasteiger partial charge on any atom is 0.222 e. The fraction of sp³-hybridized carbons (Fsp3) is 0.231. The Bertz CT molecular complexity index is 1400. The molecule has 1 amide bonds. The molecule has 4 aromatic rings. The van der Waals surface area contributed by atoms with E-state index in [9.17, 15) is 14.9 Å². The second-order valence-corrected chi connectivity index (χ2v) is 9.78. The number of carbonyl (C=O) groups is 2. The van der Waals surface area contributed by atoms with Gasteiger partial charge in [0.25, 0.3) is 0 Å². The lowest BCUT2D eigenvalue weighted by molar-refractivity contribution is -0.114. The fourth-order valence-corrected chi connectivity index (χ4v) is 5.42. The molecule has 3 heterocycles. The van der Waals surface area contributed by atoms with Crippen molar-refractivity contribution >= 4 is 55.0 Å². The van der Waals surface area contributed by atoms with Crippen LogP contribution in [0.4, 0.5) is 5.82 Å². The maximum atomic E-state index is 13.4. The minimum Gasteiger partial charge on any atom is -0.464 e. The molecule has 0 saturated carbocycles. The standard InChI is InChI=1S/C26H22BrN3O3S/c1-3-5-18-23-22(21-6-4-13-33-21)19(14-28)25(29-15(2)31)30-26(23)34-24(18)20(32)12-9-16-7-10-17(27)11-8-16/h4,6-8,10-11,13H,3,5,9,12H2,1-2H3,(H,29,30,31). The first-order valence-electron chi connectivity index (χ1n) is 10.9. The van der Waals surface area contributed by atoms with Crippen molar-refractivity contribution in [3.63, 3.8) is 0 Å². The highest BCUT2D eigenvalue weighted by atomic mass is 79.9. The third-order valence-electron chi connectivity index (χ3n) is 5.42. The summed E-state index contributed by atoms with van der Waals surface area (Å²) in [6.07, 6.45) is 4.03. The first kappa shape index (κ1) is 23.9. The summed E-state index contributed by atoms with van der Waals surface area (Å²) < 4.78 is 6.67.